The normalized spacial score (nSPS) is 27.6. The maximum atomic E-state index is 3.46. The molecular formula is C11H15N. The molecular weight excluding hydrogens is 146 g/mol. The Morgan fingerprint density at radius 1 is 1.25 bits per heavy atom. The van der Waals surface area contributed by atoms with Gasteiger partial charge in [-0.15, -0.1) is 0 Å². The van der Waals surface area contributed by atoms with Gasteiger partial charge in [0.2, 0.25) is 0 Å². The minimum Gasteiger partial charge on any atom is -0.304 e. The van der Waals surface area contributed by atoms with E-state index in [-0.39, 0.29) is 0 Å². The van der Waals surface area contributed by atoms with Crippen LogP contribution in [0.15, 0.2) is 30.3 Å². The molecule has 1 atom stereocenters. The molecule has 0 spiro atoms. The van der Waals surface area contributed by atoms with Gasteiger partial charge in [0.1, 0.15) is 0 Å². The van der Waals surface area contributed by atoms with Crippen LogP contribution in [0.3, 0.4) is 0 Å². The average Bonchev–Trinajstić information content (AvgIpc) is 2.86. The SMILES string of the molecule is CC(C)C1(c2ccccc2)CN1. The van der Waals surface area contributed by atoms with E-state index in [4.69, 9.17) is 0 Å². The zero-order valence-corrected chi connectivity index (χ0v) is 7.67. The molecule has 1 heterocycles. The highest BCUT2D eigenvalue weighted by Crippen LogP contribution is 2.37. The second-order valence-corrected chi connectivity index (χ2v) is 3.85. The molecule has 1 N–H and O–H groups in total. The van der Waals surface area contributed by atoms with Gasteiger partial charge in [-0.3, -0.25) is 0 Å². The fourth-order valence-corrected chi connectivity index (χ4v) is 1.78. The number of hydrogen-bond donors (Lipinski definition) is 1. The Labute approximate surface area is 73.8 Å². The van der Waals surface area contributed by atoms with Crippen LogP contribution in [0.5, 0.6) is 0 Å². The minimum absolute atomic E-state index is 0.293. The van der Waals surface area contributed by atoms with Gasteiger partial charge in [-0.05, 0) is 11.5 Å². The fourth-order valence-electron chi connectivity index (χ4n) is 1.78. The largest absolute Gasteiger partial charge is 0.304 e. The Morgan fingerprint density at radius 2 is 1.83 bits per heavy atom. The molecule has 2 rings (SSSR count). The summed E-state index contributed by atoms with van der Waals surface area (Å²) in [6.45, 7) is 5.68. The number of nitrogens with one attached hydrogen (secondary N) is 1. The zero-order valence-electron chi connectivity index (χ0n) is 7.67. The highest BCUT2D eigenvalue weighted by Gasteiger charge is 2.46. The van der Waals surface area contributed by atoms with Gasteiger partial charge in [-0.25, -0.2) is 0 Å². The van der Waals surface area contributed by atoms with Crippen LogP contribution in [-0.4, -0.2) is 6.54 Å². The first-order valence-electron chi connectivity index (χ1n) is 4.56. The summed E-state index contributed by atoms with van der Waals surface area (Å²) in [6, 6.07) is 10.7. The summed E-state index contributed by atoms with van der Waals surface area (Å²) in [6.07, 6.45) is 0. The van der Waals surface area contributed by atoms with Crippen molar-refractivity contribution in [3.63, 3.8) is 0 Å². The third-order valence-electron chi connectivity index (χ3n) is 2.83. The van der Waals surface area contributed by atoms with Crippen molar-refractivity contribution in [3.8, 4) is 0 Å². The third kappa shape index (κ3) is 1.05. The topological polar surface area (TPSA) is 21.9 Å². The van der Waals surface area contributed by atoms with E-state index in [1.807, 2.05) is 0 Å². The third-order valence-corrected chi connectivity index (χ3v) is 2.83. The van der Waals surface area contributed by atoms with Crippen LogP contribution in [0.2, 0.25) is 0 Å². The molecule has 1 saturated heterocycles. The summed E-state index contributed by atoms with van der Waals surface area (Å²) in [7, 11) is 0. The Morgan fingerprint density at radius 3 is 2.25 bits per heavy atom. The van der Waals surface area contributed by atoms with Crippen LogP contribution in [0, 0.1) is 5.92 Å². The average molecular weight is 161 g/mol. The molecule has 64 valence electrons. The molecule has 1 fully saturated rings. The van der Waals surface area contributed by atoms with E-state index in [1.165, 1.54) is 5.56 Å². The Bertz CT molecular complexity index is 260. The van der Waals surface area contributed by atoms with Gasteiger partial charge in [0.05, 0.1) is 5.54 Å². The van der Waals surface area contributed by atoms with E-state index in [0.717, 1.165) is 6.54 Å². The highest BCUT2D eigenvalue weighted by atomic mass is 15.2. The molecule has 1 aliphatic heterocycles. The second kappa shape index (κ2) is 2.60. The van der Waals surface area contributed by atoms with E-state index < -0.39 is 0 Å². The van der Waals surface area contributed by atoms with Crippen LogP contribution in [0.4, 0.5) is 0 Å². The maximum Gasteiger partial charge on any atom is 0.0585 e. The molecule has 0 radical (unpaired) electrons. The van der Waals surface area contributed by atoms with Crippen LogP contribution in [0.25, 0.3) is 0 Å². The van der Waals surface area contributed by atoms with Crippen molar-refractivity contribution in [1.29, 1.82) is 0 Å². The summed E-state index contributed by atoms with van der Waals surface area (Å²) in [5.41, 5.74) is 1.72. The van der Waals surface area contributed by atoms with Crippen molar-refractivity contribution in [2.45, 2.75) is 19.4 Å². The molecule has 0 amide bonds. The summed E-state index contributed by atoms with van der Waals surface area (Å²) >= 11 is 0. The van der Waals surface area contributed by atoms with E-state index in [9.17, 15) is 0 Å². The van der Waals surface area contributed by atoms with E-state index >= 15 is 0 Å². The number of rotatable bonds is 2. The Hall–Kier alpha value is -0.820. The monoisotopic (exact) mass is 161 g/mol. The van der Waals surface area contributed by atoms with Gasteiger partial charge >= 0.3 is 0 Å². The van der Waals surface area contributed by atoms with Gasteiger partial charge in [-0.1, -0.05) is 44.2 Å². The second-order valence-electron chi connectivity index (χ2n) is 3.85. The summed E-state index contributed by atoms with van der Waals surface area (Å²) in [4.78, 5) is 0. The molecule has 1 nitrogen and oxygen atoms in total. The molecule has 0 aromatic heterocycles. The summed E-state index contributed by atoms with van der Waals surface area (Å²) in [5.74, 6) is 0.680. The Balaban J connectivity index is 2.31. The van der Waals surface area contributed by atoms with Gasteiger partial charge in [0, 0.05) is 6.54 Å². The van der Waals surface area contributed by atoms with Gasteiger partial charge < -0.3 is 5.32 Å². The van der Waals surface area contributed by atoms with Crippen molar-refractivity contribution >= 4 is 0 Å². The smallest absolute Gasteiger partial charge is 0.0585 e. The first-order chi connectivity index (χ1) is 5.76. The predicted octanol–water partition coefficient (Wildman–Crippen LogP) is 2.14. The van der Waals surface area contributed by atoms with Crippen molar-refractivity contribution in [2.75, 3.05) is 6.54 Å². The molecule has 1 aromatic rings. The minimum atomic E-state index is 0.293. The fraction of sp³-hybridized carbons (Fsp3) is 0.455. The maximum absolute atomic E-state index is 3.46. The standard InChI is InChI=1S/C11H15N/c1-9(2)11(8-12-11)10-6-4-3-5-7-10/h3-7,9,12H,8H2,1-2H3. The molecule has 1 heteroatoms. The van der Waals surface area contributed by atoms with Crippen molar-refractivity contribution in [2.24, 2.45) is 5.92 Å². The lowest BCUT2D eigenvalue weighted by Crippen LogP contribution is -2.20. The molecule has 12 heavy (non-hydrogen) atoms. The van der Waals surface area contributed by atoms with Crippen LogP contribution >= 0.6 is 0 Å². The predicted molar refractivity (Wildman–Crippen MR) is 51.0 cm³/mol. The van der Waals surface area contributed by atoms with Crippen LogP contribution in [0.1, 0.15) is 19.4 Å². The Kier molecular flexibility index (Phi) is 1.69. The lowest BCUT2D eigenvalue weighted by Gasteiger charge is -2.17. The molecule has 0 saturated carbocycles. The lowest BCUT2D eigenvalue weighted by molar-refractivity contribution is 0.472. The van der Waals surface area contributed by atoms with Crippen molar-refractivity contribution < 1.29 is 0 Å². The summed E-state index contributed by atoms with van der Waals surface area (Å²) < 4.78 is 0. The summed E-state index contributed by atoms with van der Waals surface area (Å²) in [5, 5.41) is 3.46. The van der Waals surface area contributed by atoms with Crippen molar-refractivity contribution in [3.05, 3.63) is 35.9 Å². The number of hydrogen-bond acceptors (Lipinski definition) is 1. The van der Waals surface area contributed by atoms with Crippen LogP contribution in [-0.2, 0) is 5.54 Å². The van der Waals surface area contributed by atoms with Gasteiger partial charge in [0.15, 0.2) is 0 Å². The highest BCUT2D eigenvalue weighted by molar-refractivity contribution is 5.31. The zero-order chi connectivity index (χ0) is 8.60. The molecule has 1 aromatic carbocycles. The molecule has 0 aliphatic carbocycles. The number of benzene rings is 1. The lowest BCUT2D eigenvalue weighted by atomic mass is 9.88. The molecule has 1 unspecified atom stereocenters. The molecule has 1 aliphatic rings. The van der Waals surface area contributed by atoms with Gasteiger partial charge in [0.25, 0.3) is 0 Å². The van der Waals surface area contributed by atoms with Crippen LogP contribution < -0.4 is 5.32 Å². The van der Waals surface area contributed by atoms with E-state index in [2.05, 4.69) is 49.5 Å². The van der Waals surface area contributed by atoms with E-state index in [0.29, 0.717) is 11.5 Å². The van der Waals surface area contributed by atoms with Gasteiger partial charge in [-0.2, -0.15) is 0 Å². The van der Waals surface area contributed by atoms with E-state index in [1.54, 1.807) is 0 Å². The first-order valence-corrected chi connectivity index (χ1v) is 4.56. The first kappa shape index (κ1) is 7.81. The quantitative estimate of drug-likeness (QED) is 0.659. The van der Waals surface area contributed by atoms with Crippen molar-refractivity contribution in [1.82, 2.24) is 5.32 Å². The molecule has 0 bridgehead atoms.